The van der Waals surface area contributed by atoms with Crippen molar-refractivity contribution in [3.05, 3.63) is 59.7 Å². The number of β-amino-alcohol motifs (C(OH)–C–C–N with tert-alkyl or cyclic N) is 1. The number of nitrogens with one attached hydrogen (secondary N) is 1. The smallest absolute Gasteiger partial charge is 0.255 e. The van der Waals surface area contributed by atoms with Gasteiger partial charge < -0.3 is 30.1 Å². The van der Waals surface area contributed by atoms with Crippen molar-refractivity contribution >= 4 is 5.91 Å². The molecule has 1 spiro atoms. The molecule has 33 heavy (non-hydrogen) atoms. The van der Waals surface area contributed by atoms with Crippen molar-refractivity contribution < 1.29 is 29.6 Å². The molecule has 178 valence electrons. The van der Waals surface area contributed by atoms with E-state index in [-0.39, 0.29) is 19.1 Å². The quantitative estimate of drug-likeness (QED) is 0.549. The van der Waals surface area contributed by atoms with E-state index >= 15 is 0 Å². The van der Waals surface area contributed by atoms with E-state index in [0.29, 0.717) is 43.8 Å². The lowest BCUT2D eigenvalue weighted by molar-refractivity contribution is 0.0400. The topological polar surface area (TPSA) is 111 Å². The highest BCUT2D eigenvalue weighted by atomic mass is 16.5. The number of aliphatic hydroxyl groups is 3. The molecule has 0 radical (unpaired) electrons. The third-order valence-electron chi connectivity index (χ3n) is 6.49. The lowest BCUT2D eigenvalue weighted by Gasteiger charge is -2.37. The second kappa shape index (κ2) is 10.1. The Bertz CT molecular complexity index is 940. The lowest BCUT2D eigenvalue weighted by Crippen LogP contribution is -2.46. The first-order valence-electron chi connectivity index (χ1n) is 11.3. The molecule has 8 nitrogen and oxygen atoms in total. The second-order valence-corrected chi connectivity index (χ2v) is 9.21. The fourth-order valence-electron chi connectivity index (χ4n) is 4.86. The number of amides is 1. The van der Waals surface area contributed by atoms with Crippen molar-refractivity contribution in [2.45, 2.75) is 37.7 Å². The Morgan fingerprint density at radius 3 is 2.48 bits per heavy atom. The summed E-state index contributed by atoms with van der Waals surface area (Å²) < 4.78 is 11.4. The van der Waals surface area contributed by atoms with Crippen molar-refractivity contribution in [3.8, 4) is 11.5 Å². The van der Waals surface area contributed by atoms with Crippen LogP contribution in [0.2, 0.25) is 0 Å². The average molecular weight is 457 g/mol. The van der Waals surface area contributed by atoms with Crippen LogP contribution in [0.1, 0.15) is 28.8 Å². The van der Waals surface area contributed by atoms with Crippen LogP contribution in [0.4, 0.5) is 0 Å². The summed E-state index contributed by atoms with van der Waals surface area (Å²) in [4.78, 5) is 14.8. The van der Waals surface area contributed by atoms with Crippen LogP contribution in [0.25, 0.3) is 0 Å². The van der Waals surface area contributed by atoms with Crippen LogP contribution in [0.3, 0.4) is 0 Å². The number of methoxy groups -OCH3 is 1. The Balaban J connectivity index is 1.63. The molecule has 0 bridgehead atoms. The normalized spacial score (nSPS) is 28.8. The molecule has 1 aliphatic heterocycles. The molecule has 0 aromatic heterocycles. The maximum atomic E-state index is 12.7. The average Bonchev–Trinajstić information content (AvgIpc) is 3.09. The molecule has 1 unspecified atom stereocenters. The summed E-state index contributed by atoms with van der Waals surface area (Å²) in [6.45, 7) is 1.73. The van der Waals surface area contributed by atoms with Gasteiger partial charge in [-0.05, 0) is 42.7 Å². The van der Waals surface area contributed by atoms with Gasteiger partial charge in [0.25, 0.3) is 5.91 Å². The van der Waals surface area contributed by atoms with Gasteiger partial charge in [0.15, 0.2) is 0 Å². The molecule has 2 aliphatic rings. The first-order valence-corrected chi connectivity index (χ1v) is 11.3. The zero-order chi connectivity index (χ0) is 23.4. The number of aliphatic hydroxyl groups excluding tert-OH is 3. The van der Waals surface area contributed by atoms with Crippen LogP contribution >= 0.6 is 0 Å². The van der Waals surface area contributed by atoms with Crippen LogP contribution in [0.5, 0.6) is 11.5 Å². The SMILES string of the molecule is COc1ccc(CN2C[C@@H](O)CNC(=O)c3ccccc3OCC3(C[C@@H](O)[C@@H](O)C3)C2)cc1. The van der Waals surface area contributed by atoms with Crippen LogP contribution in [-0.2, 0) is 6.54 Å². The van der Waals surface area contributed by atoms with E-state index in [1.165, 1.54) is 0 Å². The van der Waals surface area contributed by atoms with Gasteiger partial charge in [-0.1, -0.05) is 24.3 Å². The fourth-order valence-corrected chi connectivity index (χ4v) is 4.86. The van der Waals surface area contributed by atoms with Crippen molar-refractivity contribution in [2.75, 3.05) is 33.4 Å². The van der Waals surface area contributed by atoms with Crippen LogP contribution in [0, 0.1) is 5.41 Å². The first-order chi connectivity index (χ1) is 15.9. The van der Waals surface area contributed by atoms with Crippen molar-refractivity contribution in [3.63, 3.8) is 0 Å². The maximum Gasteiger partial charge on any atom is 0.255 e. The molecule has 4 N–H and O–H groups in total. The first kappa shape index (κ1) is 23.5. The van der Waals surface area contributed by atoms with E-state index < -0.39 is 23.7 Å². The van der Waals surface area contributed by atoms with Gasteiger partial charge in [-0.3, -0.25) is 9.69 Å². The molecule has 2 aromatic carbocycles. The van der Waals surface area contributed by atoms with Crippen molar-refractivity contribution in [1.29, 1.82) is 0 Å². The number of hydrogen-bond donors (Lipinski definition) is 4. The number of ether oxygens (including phenoxy) is 2. The molecular formula is C25H32N2O6. The molecule has 4 atom stereocenters. The van der Waals surface area contributed by atoms with E-state index in [1.807, 2.05) is 24.3 Å². The highest BCUT2D eigenvalue weighted by molar-refractivity contribution is 5.96. The molecule has 2 aromatic rings. The van der Waals surface area contributed by atoms with E-state index in [1.54, 1.807) is 31.4 Å². The van der Waals surface area contributed by atoms with Crippen LogP contribution in [-0.4, -0.2) is 77.8 Å². The fraction of sp³-hybridized carbons (Fsp3) is 0.480. The van der Waals surface area contributed by atoms with Gasteiger partial charge in [0, 0.05) is 31.6 Å². The minimum Gasteiger partial charge on any atom is -0.497 e. The summed E-state index contributed by atoms with van der Waals surface area (Å²) >= 11 is 0. The zero-order valence-corrected chi connectivity index (χ0v) is 18.8. The largest absolute Gasteiger partial charge is 0.497 e. The number of benzene rings is 2. The van der Waals surface area contributed by atoms with Crippen LogP contribution in [0.15, 0.2) is 48.5 Å². The van der Waals surface area contributed by atoms with Crippen molar-refractivity contribution in [2.24, 2.45) is 5.41 Å². The van der Waals surface area contributed by atoms with Gasteiger partial charge in [0.1, 0.15) is 11.5 Å². The summed E-state index contributed by atoms with van der Waals surface area (Å²) in [6.07, 6.45) is -1.72. The highest BCUT2D eigenvalue weighted by Gasteiger charge is 2.46. The Morgan fingerprint density at radius 2 is 1.79 bits per heavy atom. The number of hydrogen-bond acceptors (Lipinski definition) is 7. The number of carbonyl (C=O) groups excluding carboxylic acids is 1. The van der Waals surface area contributed by atoms with Crippen LogP contribution < -0.4 is 14.8 Å². The third-order valence-corrected chi connectivity index (χ3v) is 6.49. The van der Waals surface area contributed by atoms with E-state index in [0.717, 1.165) is 11.3 Å². The van der Waals surface area contributed by atoms with E-state index in [4.69, 9.17) is 9.47 Å². The molecule has 8 heteroatoms. The number of para-hydroxylation sites is 1. The number of carbonyl (C=O) groups is 1. The predicted octanol–water partition coefficient (Wildman–Crippen LogP) is 1.18. The Morgan fingerprint density at radius 1 is 1.09 bits per heavy atom. The van der Waals surface area contributed by atoms with Gasteiger partial charge >= 0.3 is 0 Å². The van der Waals surface area contributed by atoms with E-state index in [2.05, 4.69) is 10.2 Å². The summed E-state index contributed by atoms with van der Waals surface area (Å²) in [6, 6.07) is 14.7. The molecule has 1 heterocycles. The highest BCUT2D eigenvalue weighted by Crippen LogP contribution is 2.40. The molecule has 1 saturated carbocycles. The zero-order valence-electron chi connectivity index (χ0n) is 18.8. The lowest BCUT2D eigenvalue weighted by atomic mass is 9.85. The predicted molar refractivity (Wildman–Crippen MR) is 122 cm³/mol. The molecule has 4 rings (SSSR count). The summed E-state index contributed by atoms with van der Waals surface area (Å²) in [5.41, 5.74) is 0.905. The number of fused-ring (bicyclic) bond motifs is 1. The Labute approximate surface area is 193 Å². The number of rotatable bonds is 3. The molecule has 1 fully saturated rings. The monoisotopic (exact) mass is 456 g/mol. The minimum absolute atomic E-state index is 0.102. The van der Waals surface area contributed by atoms with Gasteiger partial charge in [-0.15, -0.1) is 0 Å². The van der Waals surface area contributed by atoms with Gasteiger partial charge in [0.2, 0.25) is 0 Å². The van der Waals surface area contributed by atoms with Crippen molar-refractivity contribution in [1.82, 2.24) is 10.2 Å². The maximum absolute atomic E-state index is 12.7. The molecule has 1 amide bonds. The molecule has 1 aliphatic carbocycles. The van der Waals surface area contributed by atoms with E-state index in [9.17, 15) is 20.1 Å². The van der Waals surface area contributed by atoms with Gasteiger partial charge in [-0.25, -0.2) is 0 Å². The summed E-state index contributed by atoms with van der Waals surface area (Å²) in [5, 5.41) is 34.3. The summed E-state index contributed by atoms with van der Waals surface area (Å²) in [5.74, 6) is 0.898. The second-order valence-electron chi connectivity index (χ2n) is 9.21. The van der Waals surface area contributed by atoms with Gasteiger partial charge in [-0.2, -0.15) is 0 Å². The standard InChI is InChI=1S/C25H32N2O6/c1-32-19-8-6-17(7-9-19)13-27-14-18(28)12-26-24(31)20-4-2-3-5-23(20)33-16-25(15-27)10-21(29)22(30)11-25/h2-9,18,21-22,28-30H,10-16H2,1H3,(H,26,31)/t18-,21-,22+,25?/m0/s1. The number of nitrogens with zero attached hydrogens (tertiary/aromatic N) is 1. The minimum atomic E-state index is -0.840. The van der Waals surface area contributed by atoms with Gasteiger partial charge in [0.05, 0.1) is 37.6 Å². The Hall–Kier alpha value is -2.65. The molecular weight excluding hydrogens is 424 g/mol. The Kier molecular flexibility index (Phi) is 7.19. The third kappa shape index (κ3) is 5.65. The molecule has 0 saturated heterocycles. The summed E-state index contributed by atoms with van der Waals surface area (Å²) in [7, 11) is 1.62.